The predicted molar refractivity (Wildman–Crippen MR) is 167 cm³/mol. The quantitative estimate of drug-likeness (QED) is 0.370. The van der Waals surface area contributed by atoms with Gasteiger partial charge in [0.2, 0.25) is 17.7 Å². The van der Waals surface area contributed by atoms with Crippen LogP contribution in [0, 0.1) is 5.92 Å². The van der Waals surface area contributed by atoms with Crippen LogP contribution in [0.4, 0.5) is 4.79 Å². The molecule has 2 aromatic rings. The van der Waals surface area contributed by atoms with E-state index >= 15 is 0 Å². The average molecular weight is 621 g/mol. The van der Waals surface area contributed by atoms with Gasteiger partial charge in [-0.2, -0.15) is 0 Å². The van der Waals surface area contributed by atoms with Gasteiger partial charge < -0.3 is 29.7 Å². The molecule has 2 N–H and O–H groups in total. The van der Waals surface area contributed by atoms with Crippen LogP contribution in [0.1, 0.15) is 72.6 Å². The number of aromatic nitrogens is 1. The summed E-state index contributed by atoms with van der Waals surface area (Å²) in [5.74, 6) is -1.12. The highest BCUT2D eigenvalue weighted by Gasteiger charge is 2.62. The van der Waals surface area contributed by atoms with Crippen molar-refractivity contribution in [1.29, 1.82) is 0 Å². The lowest BCUT2D eigenvalue weighted by molar-refractivity contribution is -0.150. The third-order valence-corrected chi connectivity index (χ3v) is 8.49. The molecule has 2 aliphatic heterocycles. The van der Waals surface area contributed by atoms with E-state index in [2.05, 4.69) is 15.6 Å². The molecule has 0 radical (unpaired) electrons. The van der Waals surface area contributed by atoms with Crippen LogP contribution in [-0.2, 0) is 23.9 Å². The number of nitrogens with zero attached hydrogens (tertiary/aromatic N) is 2. The van der Waals surface area contributed by atoms with E-state index in [1.807, 2.05) is 42.5 Å². The molecule has 3 aliphatic rings. The minimum absolute atomic E-state index is 0.101. The molecule has 3 amide bonds. The van der Waals surface area contributed by atoms with Crippen molar-refractivity contribution in [2.45, 2.75) is 102 Å². The van der Waals surface area contributed by atoms with Gasteiger partial charge >= 0.3 is 12.1 Å². The van der Waals surface area contributed by atoms with Gasteiger partial charge in [0.25, 0.3) is 0 Å². The largest absolute Gasteiger partial charge is 0.472 e. The number of fused-ring (bicyclic) bond motifs is 3. The maximum atomic E-state index is 14.2. The molecule has 1 saturated carbocycles. The Balaban J connectivity index is 1.45. The number of carbonyl (C=O) groups is 4. The smallest absolute Gasteiger partial charge is 0.408 e. The first-order valence-electron chi connectivity index (χ1n) is 16.0. The number of rotatable bonds is 5. The SMILES string of the molecule is CCOC(=O)[C@@]12C[C@H]1C=CCCCCC[C@H](NC(=O)OC(C)(C)C)C(=O)N1C[C@H](Oc3nccc4ccccc34)C[C@H]1C(=O)N2. The lowest BCUT2D eigenvalue weighted by Crippen LogP contribution is -2.56. The molecule has 2 fully saturated rings. The Morgan fingerprint density at radius 1 is 1.13 bits per heavy atom. The summed E-state index contributed by atoms with van der Waals surface area (Å²) in [5, 5.41) is 7.51. The number of hydrogen-bond acceptors (Lipinski definition) is 8. The van der Waals surface area contributed by atoms with Crippen molar-refractivity contribution in [3.8, 4) is 5.88 Å². The standard InChI is InChI=1S/C34H44N4O7/c1-5-43-31(41)34-20-23(34)14-9-7-6-8-10-16-26(36-32(42)45-33(2,3)4)30(40)38-21-24(19-27(38)28(39)37-34)44-29-25-15-12-11-13-22(25)17-18-35-29/h9,11-15,17-18,23-24,26-27H,5-8,10,16,19-21H2,1-4H3,(H,36,42)(H,37,39)/t23-,24-,26+,27+,34-/m1/s1. The van der Waals surface area contributed by atoms with Crippen LogP contribution in [0.3, 0.4) is 0 Å². The van der Waals surface area contributed by atoms with Crippen molar-refractivity contribution in [3.63, 3.8) is 0 Å². The number of ether oxygens (including phenoxy) is 3. The molecule has 0 bridgehead atoms. The molecule has 0 spiro atoms. The van der Waals surface area contributed by atoms with E-state index in [1.54, 1.807) is 33.9 Å². The van der Waals surface area contributed by atoms with E-state index in [1.165, 1.54) is 4.90 Å². The minimum Gasteiger partial charge on any atom is -0.472 e. The zero-order valence-corrected chi connectivity index (χ0v) is 26.5. The number of hydrogen-bond donors (Lipinski definition) is 2. The Morgan fingerprint density at radius 2 is 1.93 bits per heavy atom. The highest BCUT2D eigenvalue weighted by atomic mass is 16.6. The third-order valence-electron chi connectivity index (χ3n) is 8.49. The Labute approximate surface area is 264 Å². The Bertz CT molecular complexity index is 1450. The van der Waals surface area contributed by atoms with E-state index in [4.69, 9.17) is 14.2 Å². The molecular formula is C34H44N4O7. The van der Waals surface area contributed by atoms with E-state index < -0.39 is 53.2 Å². The summed E-state index contributed by atoms with van der Waals surface area (Å²) in [6, 6.07) is 7.74. The summed E-state index contributed by atoms with van der Waals surface area (Å²) in [7, 11) is 0. The zero-order valence-electron chi connectivity index (χ0n) is 26.5. The molecular weight excluding hydrogens is 576 g/mol. The molecule has 1 aromatic heterocycles. The second-order valence-electron chi connectivity index (χ2n) is 13.1. The van der Waals surface area contributed by atoms with Crippen molar-refractivity contribution in [1.82, 2.24) is 20.5 Å². The third kappa shape index (κ3) is 7.57. The molecule has 3 heterocycles. The van der Waals surface area contributed by atoms with Crippen LogP contribution in [0.5, 0.6) is 5.88 Å². The molecule has 1 aromatic carbocycles. The fourth-order valence-corrected chi connectivity index (χ4v) is 6.19. The monoisotopic (exact) mass is 620 g/mol. The fraction of sp³-hybridized carbons (Fsp3) is 0.559. The van der Waals surface area contributed by atoms with Crippen molar-refractivity contribution in [2.75, 3.05) is 13.2 Å². The van der Waals surface area contributed by atoms with Gasteiger partial charge in [0, 0.05) is 23.9 Å². The van der Waals surface area contributed by atoms with E-state index in [9.17, 15) is 19.2 Å². The lowest BCUT2D eigenvalue weighted by atomic mass is 10.0. The van der Waals surface area contributed by atoms with Crippen molar-refractivity contribution < 1.29 is 33.4 Å². The van der Waals surface area contributed by atoms with Gasteiger partial charge in [-0.05, 0) is 70.9 Å². The van der Waals surface area contributed by atoms with Gasteiger partial charge in [-0.3, -0.25) is 9.59 Å². The molecule has 45 heavy (non-hydrogen) atoms. The van der Waals surface area contributed by atoms with Crippen LogP contribution < -0.4 is 15.4 Å². The lowest BCUT2D eigenvalue weighted by Gasteiger charge is -2.30. The van der Waals surface area contributed by atoms with Gasteiger partial charge in [0.05, 0.1) is 13.2 Å². The second-order valence-corrected chi connectivity index (χ2v) is 13.1. The normalized spacial score (nSPS) is 27.3. The Morgan fingerprint density at radius 3 is 2.71 bits per heavy atom. The first-order valence-corrected chi connectivity index (χ1v) is 16.0. The van der Waals surface area contributed by atoms with Crippen molar-refractivity contribution >= 4 is 34.6 Å². The number of esters is 1. The number of alkyl carbamates (subject to hydrolysis) is 1. The second kappa shape index (κ2) is 13.5. The topological polar surface area (TPSA) is 136 Å². The van der Waals surface area contributed by atoms with Crippen LogP contribution in [0.2, 0.25) is 0 Å². The van der Waals surface area contributed by atoms with Gasteiger partial charge in [-0.1, -0.05) is 43.2 Å². The van der Waals surface area contributed by atoms with Crippen LogP contribution in [0.15, 0.2) is 48.7 Å². The highest BCUT2D eigenvalue weighted by Crippen LogP contribution is 2.46. The first kappa shape index (κ1) is 32.2. The molecule has 0 unspecified atom stereocenters. The summed E-state index contributed by atoms with van der Waals surface area (Å²) in [5.41, 5.74) is -1.93. The number of allylic oxidation sites excluding steroid dienone is 1. The molecule has 5 atom stereocenters. The molecule has 242 valence electrons. The molecule has 1 aliphatic carbocycles. The summed E-state index contributed by atoms with van der Waals surface area (Å²) < 4.78 is 17.2. The number of carbonyl (C=O) groups excluding carboxylic acids is 4. The van der Waals surface area contributed by atoms with Gasteiger partial charge in [-0.15, -0.1) is 0 Å². The molecule has 11 heteroatoms. The zero-order chi connectivity index (χ0) is 32.2. The molecule has 5 rings (SSSR count). The summed E-state index contributed by atoms with van der Waals surface area (Å²) in [6.07, 6.45) is 8.66. The van der Waals surface area contributed by atoms with Gasteiger partial charge in [-0.25, -0.2) is 14.6 Å². The van der Waals surface area contributed by atoms with Crippen molar-refractivity contribution in [2.24, 2.45) is 5.92 Å². The number of nitrogens with one attached hydrogen (secondary N) is 2. The van der Waals surface area contributed by atoms with E-state index in [0.717, 1.165) is 30.0 Å². The maximum Gasteiger partial charge on any atom is 0.408 e. The Kier molecular flexibility index (Phi) is 9.65. The summed E-state index contributed by atoms with van der Waals surface area (Å²) >= 11 is 0. The Hall–Kier alpha value is -4.15. The number of pyridine rings is 1. The van der Waals surface area contributed by atoms with E-state index in [0.29, 0.717) is 25.1 Å². The number of amides is 3. The maximum absolute atomic E-state index is 14.2. The van der Waals surface area contributed by atoms with Crippen molar-refractivity contribution in [3.05, 3.63) is 48.7 Å². The average Bonchev–Trinajstić information content (AvgIpc) is 3.51. The van der Waals surface area contributed by atoms with E-state index in [-0.39, 0.29) is 25.5 Å². The number of benzene rings is 1. The highest BCUT2D eigenvalue weighted by molar-refractivity contribution is 5.96. The minimum atomic E-state index is -1.18. The molecule has 11 nitrogen and oxygen atoms in total. The summed E-state index contributed by atoms with van der Waals surface area (Å²) in [4.78, 5) is 60.1. The van der Waals surface area contributed by atoms with Crippen LogP contribution in [0.25, 0.3) is 10.8 Å². The first-order chi connectivity index (χ1) is 21.5. The predicted octanol–water partition coefficient (Wildman–Crippen LogP) is 4.43. The molecule has 1 saturated heterocycles. The fourth-order valence-electron chi connectivity index (χ4n) is 6.19. The van der Waals surface area contributed by atoms with Crippen LogP contribution in [-0.4, -0.2) is 76.2 Å². The summed E-state index contributed by atoms with van der Waals surface area (Å²) in [6.45, 7) is 7.29. The van der Waals surface area contributed by atoms with Crippen LogP contribution >= 0.6 is 0 Å². The van der Waals surface area contributed by atoms with Gasteiger partial charge in [0.1, 0.15) is 29.3 Å². The van der Waals surface area contributed by atoms with Gasteiger partial charge in [0.15, 0.2) is 0 Å².